The minimum absolute atomic E-state index is 0.371. The number of likely N-dealkylation sites (N-methyl/N-ethyl adjacent to an activating group) is 1. The lowest BCUT2D eigenvalue weighted by Gasteiger charge is -2.31. The van der Waals surface area contributed by atoms with Crippen LogP contribution in [0.1, 0.15) is 27.2 Å². The minimum Gasteiger partial charge on any atom is -0.374 e. The van der Waals surface area contributed by atoms with Crippen LogP contribution < -0.4 is 5.32 Å². The molecule has 0 aromatic carbocycles. The summed E-state index contributed by atoms with van der Waals surface area (Å²) in [4.78, 5) is 2.34. The fourth-order valence-corrected chi connectivity index (χ4v) is 1.86. The zero-order valence-electron chi connectivity index (χ0n) is 10.6. The maximum Gasteiger partial charge on any atom is 0.0826 e. The summed E-state index contributed by atoms with van der Waals surface area (Å²) in [7, 11) is 2.16. The number of hydrogen-bond donors (Lipinski definition) is 1. The molecular formula is C12H26N2O. The second-order valence-electron chi connectivity index (χ2n) is 4.84. The Morgan fingerprint density at radius 1 is 1.47 bits per heavy atom. The summed E-state index contributed by atoms with van der Waals surface area (Å²) in [5.74, 6) is 0.742. The van der Waals surface area contributed by atoms with Crippen LogP contribution in [0.15, 0.2) is 0 Å². The molecular weight excluding hydrogens is 188 g/mol. The molecule has 3 heteroatoms. The molecule has 1 aliphatic heterocycles. The van der Waals surface area contributed by atoms with Gasteiger partial charge in [0.15, 0.2) is 0 Å². The van der Waals surface area contributed by atoms with Crippen LogP contribution in [0.4, 0.5) is 0 Å². The standard InChI is InChI=1S/C12H26N2O/c1-5-10(2)11(3)13-8-12-9-14(4)6-7-15-12/h10-13H,5-9H2,1-4H3/t10-,11-,12+/m0/s1. The molecule has 3 nitrogen and oxygen atoms in total. The molecule has 0 spiro atoms. The van der Waals surface area contributed by atoms with Crippen molar-refractivity contribution >= 4 is 0 Å². The normalized spacial score (nSPS) is 27.6. The largest absolute Gasteiger partial charge is 0.374 e. The predicted molar refractivity (Wildman–Crippen MR) is 64.2 cm³/mol. The number of rotatable bonds is 5. The van der Waals surface area contributed by atoms with Crippen molar-refractivity contribution in [3.05, 3.63) is 0 Å². The topological polar surface area (TPSA) is 24.5 Å². The molecule has 0 aromatic rings. The zero-order valence-corrected chi connectivity index (χ0v) is 10.6. The molecule has 0 aliphatic carbocycles. The van der Waals surface area contributed by atoms with E-state index in [-0.39, 0.29) is 0 Å². The fraction of sp³-hybridized carbons (Fsp3) is 1.00. The van der Waals surface area contributed by atoms with E-state index in [4.69, 9.17) is 4.74 Å². The summed E-state index contributed by atoms with van der Waals surface area (Å²) in [5, 5.41) is 3.57. The van der Waals surface area contributed by atoms with Gasteiger partial charge in [0.2, 0.25) is 0 Å². The van der Waals surface area contributed by atoms with Crippen molar-refractivity contribution in [1.82, 2.24) is 10.2 Å². The van der Waals surface area contributed by atoms with Gasteiger partial charge in [0.25, 0.3) is 0 Å². The second-order valence-corrected chi connectivity index (χ2v) is 4.84. The first-order valence-corrected chi connectivity index (χ1v) is 6.17. The van der Waals surface area contributed by atoms with Crippen molar-refractivity contribution in [1.29, 1.82) is 0 Å². The van der Waals surface area contributed by atoms with Crippen molar-refractivity contribution < 1.29 is 4.74 Å². The highest BCUT2D eigenvalue weighted by molar-refractivity contribution is 4.74. The Labute approximate surface area is 94.2 Å². The van der Waals surface area contributed by atoms with Gasteiger partial charge in [-0.05, 0) is 19.9 Å². The van der Waals surface area contributed by atoms with Gasteiger partial charge in [-0.2, -0.15) is 0 Å². The molecule has 0 saturated carbocycles. The van der Waals surface area contributed by atoms with E-state index in [9.17, 15) is 0 Å². The average molecular weight is 214 g/mol. The molecule has 1 rings (SSSR count). The number of hydrogen-bond acceptors (Lipinski definition) is 3. The first-order chi connectivity index (χ1) is 7.13. The SMILES string of the molecule is CC[C@H](C)[C@H](C)NC[C@@H]1CN(C)CCO1. The lowest BCUT2D eigenvalue weighted by molar-refractivity contribution is -0.0197. The maximum absolute atomic E-state index is 5.71. The molecule has 15 heavy (non-hydrogen) atoms. The van der Waals surface area contributed by atoms with Crippen molar-refractivity contribution in [2.75, 3.05) is 33.3 Å². The van der Waals surface area contributed by atoms with E-state index in [1.807, 2.05) is 0 Å². The molecule has 1 fully saturated rings. The van der Waals surface area contributed by atoms with Gasteiger partial charge in [-0.15, -0.1) is 0 Å². The van der Waals surface area contributed by atoms with Gasteiger partial charge in [0.05, 0.1) is 12.7 Å². The number of nitrogens with zero attached hydrogens (tertiary/aromatic N) is 1. The molecule has 1 heterocycles. The maximum atomic E-state index is 5.71. The van der Waals surface area contributed by atoms with Crippen LogP contribution >= 0.6 is 0 Å². The third-order valence-electron chi connectivity index (χ3n) is 3.51. The zero-order chi connectivity index (χ0) is 11.3. The molecule has 1 N–H and O–H groups in total. The van der Waals surface area contributed by atoms with Crippen LogP contribution in [-0.2, 0) is 4.74 Å². The number of ether oxygens (including phenoxy) is 1. The second kappa shape index (κ2) is 6.46. The third-order valence-corrected chi connectivity index (χ3v) is 3.51. The van der Waals surface area contributed by atoms with Gasteiger partial charge >= 0.3 is 0 Å². The average Bonchev–Trinajstić information content (AvgIpc) is 2.25. The monoisotopic (exact) mass is 214 g/mol. The van der Waals surface area contributed by atoms with E-state index in [0.29, 0.717) is 12.1 Å². The summed E-state index contributed by atoms with van der Waals surface area (Å²) >= 11 is 0. The van der Waals surface area contributed by atoms with Crippen LogP contribution in [-0.4, -0.2) is 50.3 Å². The Balaban J connectivity index is 2.18. The molecule has 90 valence electrons. The summed E-state index contributed by atoms with van der Waals surface area (Å²) in [6.07, 6.45) is 1.61. The Morgan fingerprint density at radius 2 is 2.20 bits per heavy atom. The van der Waals surface area contributed by atoms with Crippen molar-refractivity contribution in [2.45, 2.75) is 39.3 Å². The number of nitrogens with one attached hydrogen (secondary N) is 1. The lowest BCUT2D eigenvalue weighted by atomic mass is 10.0. The van der Waals surface area contributed by atoms with Gasteiger partial charge < -0.3 is 15.0 Å². The third kappa shape index (κ3) is 4.49. The Hall–Kier alpha value is -0.120. The van der Waals surface area contributed by atoms with Crippen LogP contribution in [0.3, 0.4) is 0 Å². The van der Waals surface area contributed by atoms with Crippen molar-refractivity contribution in [3.63, 3.8) is 0 Å². The highest BCUT2D eigenvalue weighted by Crippen LogP contribution is 2.08. The summed E-state index contributed by atoms with van der Waals surface area (Å²) in [6, 6.07) is 0.589. The van der Waals surface area contributed by atoms with E-state index in [2.05, 4.69) is 38.0 Å². The molecule has 0 radical (unpaired) electrons. The Bertz CT molecular complexity index is 175. The lowest BCUT2D eigenvalue weighted by Crippen LogP contribution is -2.47. The smallest absolute Gasteiger partial charge is 0.0826 e. The first kappa shape index (κ1) is 12.9. The molecule has 0 amide bonds. The highest BCUT2D eigenvalue weighted by Gasteiger charge is 2.18. The Kier molecular flexibility index (Phi) is 5.58. The van der Waals surface area contributed by atoms with E-state index in [1.54, 1.807) is 0 Å². The van der Waals surface area contributed by atoms with Gasteiger partial charge in [0, 0.05) is 25.7 Å². The van der Waals surface area contributed by atoms with Crippen molar-refractivity contribution in [2.24, 2.45) is 5.92 Å². The van der Waals surface area contributed by atoms with Gasteiger partial charge in [-0.25, -0.2) is 0 Å². The van der Waals surface area contributed by atoms with E-state index >= 15 is 0 Å². The molecule has 1 saturated heterocycles. The molecule has 0 unspecified atom stereocenters. The van der Waals surface area contributed by atoms with Crippen LogP contribution in [0, 0.1) is 5.92 Å². The van der Waals surface area contributed by atoms with Crippen LogP contribution in [0.2, 0.25) is 0 Å². The Morgan fingerprint density at radius 3 is 2.80 bits per heavy atom. The van der Waals surface area contributed by atoms with E-state index < -0.39 is 0 Å². The minimum atomic E-state index is 0.371. The molecule has 0 aromatic heterocycles. The van der Waals surface area contributed by atoms with Gasteiger partial charge in [0.1, 0.15) is 0 Å². The first-order valence-electron chi connectivity index (χ1n) is 6.17. The van der Waals surface area contributed by atoms with E-state index in [0.717, 1.165) is 32.2 Å². The summed E-state index contributed by atoms with van der Waals surface area (Å²) in [5.41, 5.74) is 0. The quantitative estimate of drug-likeness (QED) is 0.747. The van der Waals surface area contributed by atoms with Crippen LogP contribution in [0.5, 0.6) is 0 Å². The van der Waals surface area contributed by atoms with Crippen molar-refractivity contribution in [3.8, 4) is 0 Å². The predicted octanol–water partition coefficient (Wildman–Crippen LogP) is 1.34. The highest BCUT2D eigenvalue weighted by atomic mass is 16.5. The summed E-state index contributed by atoms with van der Waals surface area (Å²) < 4.78 is 5.71. The van der Waals surface area contributed by atoms with E-state index in [1.165, 1.54) is 6.42 Å². The number of morpholine rings is 1. The molecule has 1 aliphatic rings. The molecule has 3 atom stereocenters. The molecule has 0 bridgehead atoms. The van der Waals surface area contributed by atoms with Gasteiger partial charge in [-0.1, -0.05) is 20.3 Å². The fourth-order valence-electron chi connectivity index (χ4n) is 1.86. The van der Waals surface area contributed by atoms with Gasteiger partial charge in [-0.3, -0.25) is 0 Å². The van der Waals surface area contributed by atoms with Crippen LogP contribution in [0.25, 0.3) is 0 Å². The summed E-state index contributed by atoms with van der Waals surface area (Å²) in [6.45, 7) is 10.8.